The van der Waals surface area contributed by atoms with Gasteiger partial charge in [-0.1, -0.05) is 74.5 Å². The zero-order chi connectivity index (χ0) is 19.5. The highest BCUT2D eigenvalue weighted by Crippen LogP contribution is 2.35. The average molecular weight is 370 g/mol. The number of esters is 1. The number of carbonyl (C=O) groups excluding carboxylic acids is 1. The molecule has 5 heteroatoms. The molecule has 0 aliphatic carbocycles. The van der Waals surface area contributed by atoms with Crippen LogP contribution in [0.25, 0.3) is 0 Å². The van der Waals surface area contributed by atoms with Crippen LogP contribution in [-0.4, -0.2) is 50.3 Å². The lowest BCUT2D eigenvalue weighted by Crippen LogP contribution is -2.43. The molecule has 0 aromatic heterocycles. The lowest BCUT2D eigenvalue weighted by molar-refractivity contribution is -0.168. The van der Waals surface area contributed by atoms with Crippen molar-refractivity contribution in [1.29, 1.82) is 0 Å². The molecule has 0 unspecified atom stereocenters. The second-order valence-corrected chi connectivity index (χ2v) is 6.21. The number of likely N-dealkylation sites (N-methyl/N-ethyl adjacent to an activating group) is 1. The Morgan fingerprint density at radius 1 is 0.926 bits per heavy atom. The van der Waals surface area contributed by atoms with Crippen molar-refractivity contribution in [3.05, 3.63) is 71.8 Å². The highest BCUT2D eigenvalue weighted by atomic mass is 16.6. The van der Waals surface area contributed by atoms with Crippen LogP contribution in [0, 0.1) is 0 Å². The molecule has 0 radical (unpaired) electrons. The minimum atomic E-state index is -1.33. The van der Waals surface area contributed by atoms with Crippen LogP contribution in [-0.2, 0) is 19.9 Å². The van der Waals surface area contributed by atoms with E-state index in [4.69, 9.17) is 15.2 Å². The number of hydrogen-bond donors (Lipinski definition) is 1. The second kappa shape index (κ2) is 10.8. The first-order valence-electron chi connectivity index (χ1n) is 9.53. The Balaban J connectivity index is 2.37. The van der Waals surface area contributed by atoms with Crippen LogP contribution in [0.15, 0.2) is 60.7 Å². The zero-order valence-corrected chi connectivity index (χ0v) is 16.3. The largest absolute Gasteiger partial charge is 0.462 e. The Labute approximate surface area is 162 Å². The molecule has 0 heterocycles. The SMILES string of the molecule is CCN(CC)CCOC(=O)C(OCCN)(c1ccccc1)c1ccccc1. The molecule has 2 aromatic rings. The first-order valence-corrected chi connectivity index (χ1v) is 9.53. The van der Waals surface area contributed by atoms with Gasteiger partial charge in [0.2, 0.25) is 5.60 Å². The summed E-state index contributed by atoms with van der Waals surface area (Å²) in [5.74, 6) is -0.416. The molecule has 27 heavy (non-hydrogen) atoms. The average Bonchev–Trinajstić information content (AvgIpc) is 2.73. The fraction of sp³-hybridized carbons (Fsp3) is 0.409. The van der Waals surface area contributed by atoms with Crippen LogP contribution >= 0.6 is 0 Å². The van der Waals surface area contributed by atoms with E-state index in [2.05, 4.69) is 18.7 Å². The molecule has 0 atom stereocenters. The van der Waals surface area contributed by atoms with Crippen molar-refractivity contribution in [3.8, 4) is 0 Å². The van der Waals surface area contributed by atoms with Crippen molar-refractivity contribution in [2.24, 2.45) is 5.73 Å². The van der Waals surface area contributed by atoms with Crippen molar-refractivity contribution in [3.63, 3.8) is 0 Å². The maximum absolute atomic E-state index is 13.3. The van der Waals surface area contributed by atoms with E-state index in [1.54, 1.807) is 0 Å². The van der Waals surface area contributed by atoms with Crippen LogP contribution in [0.1, 0.15) is 25.0 Å². The lowest BCUT2D eigenvalue weighted by Gasteiger charge is -2.33. The number of benzene rings is 2. The number of ether oxygens (including phenoxy) is 2. The van der Waals surface area contributed by atoms with E-state index in [0.717, 1.165) is 24.2 Å². The molecule has 0 saturated carbocycles. The van der Waals surface area contributed by atoms with E-state index in [9.17, 15) is 4.79 Å². The summed E-state index contributed by atoms with van der Waals surface area (Å²) >= 11 is 0. The zero-order valence-electron chi connectivity index (χ0n) is 16.3. The quantitative estimate of drug-likeness (QED) is 0.616. The normalized spacial score (nSPS) is 11.6. The molecule has 0 bridgehead atoms. The van der Waals surface area contributed by atoms with E-state index in [-0.39, 0.29) is 6.61 Å². The van der Waals surface area contributed by atoms with Gasteiger partial charge in [0.05, 0.1) is 6.61 Å². The molecule has 0 aliphatic heterocycles. The topological polar surface area (TPSA) is 64.8 Å². The predicted octanol–water partition coefficient (Wildman–Crippen LogP) is 2.79. The van der Waals surface area contributed by atoms with Crippen molar-refractivity contribution >= 4 is 5.97 Å². The van der Waals surface area contributed by atoms with E-state index in [1.807, 2.05) is 60.7 Å². The van der Waals surface area contributed by atoms with Crippen molar-refractivity contribution in [1.82, 2.24) is 4.90 Å². The second-order valence-electron chi connectivity index (χ2n) is 6.21. The minimum Gasteiger partial charge on any atom is -0.462 e. The van der Waals surface area contributed by atoms with Gasteiger partial charge in [-0.05, 0) is 24.2 Å². The number of carbonyl (C=O) groups is 1. The molecular formula is C22H30N2O3. The Bertz CT molecular complexity index is 633. The van der Waals surface area contributed by atoms with Gasteiger partial charge in [0, 0.05) is 13.1 Å². The van der Waals surface area contributed by atoms with Crippen LogP contribution in [0.2, 0.25) is 0 Å². The van der Waals surface area contributed by atoms with Gasteiger partial charge in [-0.25, -0.2) is 4.79 Å². The van der Waals surface area contributed by atoms with Crippen molar-refractivity contribution < 1.29 is 14.3 Å². The van der Waals surface area contributed by atoms with Gasteiger partial charge < -0.3 is 20.1 Å². The molecule has 5 nitrogen and oxygen atoms in total. The van der Waals surface area contributed by atoms with E-state index < -0.39 is 11.6 Å². The first-order chi connectivity index (χ1) is 13.2. The molecule has 0 saturated heterocycles. The molecule has 0 amide bonds. The fourth-order valence-corrected chi connectivity index (χ4v) is 3.09. The molecule has 2 aromatic carbocycles. The number of nitrogens with two attached hydrogens (primary N) is 1. The maximum atomic E-state index is 13.3. The highest BCUT2D eigenvalue weighted by molar-refractivity contribution is 5.85. The monoisotopic (exact) mass is 370 g/mol. The van der Waals surface area contributed by atoms with E-state index >= 15 is 0 Å². The predicted molar refractivity (Wildman–Crippen MR) is 107 cm³/mol. The summed E-state index contributed by atoms with van der Waals surface area (Å²) in [6, 6.07) is 18.9. The third-order valence-electron chi connectivity index (χ3n) is 4.62. The summed E-state index contributed by atoms with van der Waals surface area (Å²) in [5, 5.41) is 0. The summed E-state index contributed by atoms with van der Waals surface area (Å²) in [6.45, 7) is 7.58. The molecular weight excluding hydrogens is 340 g/mol. The van der Waals surface area contributed by atoms with Crippen LogP contribution in [0.4, 0.5) is 0 Å². The summed E-state index contributed by atoms with van der Waals surface area (Å²) in [7, 11) is 0. The molecule has 0 fully saturated rings. The smallest absolute Gasteiger partial charge is 0.347 e. The number of hydrogen-bond acceptors (Lipinski definition) is 5. The summed E-state index contributed by atoms with van der Waals surface area (Å²) in [6.07, 6.45) is 0. The minimum absolute atomic E-state index is 0.245. The van der Waals surface area contributed by atoms with Gasteiger partial charge in [-0.3, -0.25) is 0 Å². The van der Waals surface area contributed by atoms with Gasteiger partial charge in [0.25, 0.3) is 0 Å². The number of nitrogens with zero attached hydrogens (tertiary/aromatic N) is 1. The molecule has 0 aliphatic rings. The Kier molecular flexibility index (Phi) is 8.45. The highest BCUT2D eigenvalue weighted by Gasteiger charge is 2.45. The van der Waals surface area contributed by atoms with Crippen LogP contribution in [0.5, 0.6) is 0 Å². The van der Waals surface area contributed by atoms with Gasteiger partial charge in [0.15, 0.2) is 0 Å². The van der Waals surface area contributed by atoms with Gasteiger partial charge in [0.1, 0.15) is 6.61 Å². The summed E-state index contributed by atoms with van der Waals surface area (Å²) in [5.41, 5.74) is 5.82. The molecule has 0 spiro atoms. The van der Waals surface area contributed by atoms with Gasteiger partial charge >= 0.3 is 5.97 Å². The lowest BCUT2D eigenvalue weighted by atomic mass is 9.86. The van der Waals surface area contributed by atoms with Crippen LogP contribution < -0.4 is 5.73 Å². The Hall–Kier alpha value is -2.21. The maximum Gasteiger partial charge on any atom is 0.347 e. The standard InChI is InChI=1S/C22H30N2O3/c1-3-24(4-2)16-18-26-21(25)22(27-17-15-23,19-11-7-5-8-12-19)20-13-9-6-10-14-20/h5-14H,3-4,15-18,23H2,1-2H3. The first kappa shape index (κ1) is 21.1. The third-order valence-corrected chi connectivity index (χ3v) is 4.62. The van der Waals surface area contributed by atoms with Crippen molar-refractivity contribution in [2.75, 3.05) is 39.4 Å². The van der Waals surface area contributed by atoms with E-state index in [0.29, 0.717) is 19.7 Å². The van der Waals surface area contributed by atoms with E-state index in [1.165, 1.54) is 0 Å². The Morgan fingerprint density at radius 2 is 1.44 bits per heavy atom. The summed E-state index contributed by atoms with van der Waals surface area (Å²) < 4.78 is 11.8. The summed E-state index contributed by atoms with van der Waals surface area (Å²) in [4.78, 5) is 15.5. The molecule has 146 valence electrons. The van der Waals surface area contributed by atoms with Gasteiger partial charge in [-0.15, -0.1) is 0 Å². The third kappa shape index (κ3) is 5.16. The van der Waals surface area contributed by atoms with Crippen LogP contribution in [0.3, 0.4) is 0 Å². The van der Waals surface area contributed by atoms with Crippen molar-refractivity contribution in [2.45, 2.75) is 19.4 Å². The fourth-order valence-electron chi connectivity index (χ4n) is 3.09. The Morgan fingerprint density at radius 3 is 1.89 bits per heavy atom. The number of rotatable bonds is 11. The molecule has 2 N–H and O–H groups in total. The molecule has 2 rings (SSSR count). The van der Waals surface area contributed by atoms with Gasteiger partial charge in [-0.2, -0.15) is 0 Å².